The van der Waals surface area contributed by atoms with Gasteiger partial charge in [-0.2, -0.15) is 10.2 Å². The van der Waals surface area contributed by atoms with E-state index in [-0.39, 0.29) is 29.0 Å². The zero-order valence-electron chi connectivity index (χ0n) is 21.1. The van der Waals surface area contributed by atoms with Gasteiger partial charge in [0.2, 0.25) is 0 Å². The number of anilines is 2. The van der Waals surface area contributed by atoms with Gasteiger partial charge in [0, 0.05) is 36.9 Å². The summed E-state index contributed by atoms with van der Waals surface area (Å²) in [5.41, 5.74) is 0.758. The van der Waals surface area contributed by atoms with Gasteiger partial charge in [-0.3, -0.25) is 9.48 Å². The van der Waals surface area contributed by atoms with E-state index in [9.17, 15) is 13.6 Å². The SMILES string of the molecule is CC.CC.Cn1cc2cc(NC(=O)c3cnn4ccc(N5C[C@H]6C[C@@H]5CO6)nc34)c(C(F)F)cc2n1. The van der Waals surface area contributed by atoms with Crippen LogP contribution in [-0.4, -0.2) is 55.6 Å². The van der Waals surface area contributed by atoms with Crippen LogP contribution in [0.25, 0.3) is 16.6 Å². The minimum absolute atomic E-state index is 0.0370. The van der Waals surface area contributed by atoms with Crippen molar-refractivity contribution in [1.82, 2.24) is 24.4 Å². The van der Waals surface area contributed by atoms with Crippen molar-refractivity contribution in [2.45, 2.75) is 52.7 Å². The lowest BCUT2D eigenvalue weighted by Crippen LogP contribution is -2.37. The number of aromatic nitrogens is 5. The number of halogens is 2. The number of ether oxygens (including phenoxy) is 1. The van der Waals surface area contributed by atoms with E-state index in [1.807, 2.05) is 33.8 Å². The Morgan fingerprint density at radius 1 is 1.22 bits per heavy atom. The van der Waals surface area contributed by atoms with Crippen molar-refractivity contribution in [1.29, 1.82) is 0 Å². The van der Waals surface area contributed by atoms with Gasteiger partial charge in [0.05, 0.1) is 36.2 Å². The minimum Gasteiger partial charge on any atom is -0.374 e. The Labute approximate surface area is 208 Å². The molecule has 2 aliphatic heterocycles. The minimum atomic E-state index is -2.77. The van der Waals surface area contributed by atoms with E-state index in [1.54, 1.807) is 19.4 Å². The number of carbonyl (C=O) groups excluding carboxylic acids is 1. The maximum absolute atomic E-state index is 13.7. The average Bonchev–Trinajstić information content (AvgIpc) is 3.68. The highest BCUT2D eigenvalue weighted by atomic mass is 19.3. The Balaban J connectivity index is 0.000000726. The highest BCUT2D eigenvalue weighted by Gasteiger charge is 2.39. The van der Waals surface area contributed by atoms with Crippen LogP contribution in [0.2, 0.25) is 0 Å². The molecule has 0 saturated carbocycles. The third-order valence-corrected chi connectivity index (χ3v) is 6.07. The fourth-order valence-corrected chi connectivity index (χ4v) is 4.55. The lowest BCUT2D eigenvalue weighted by molar-refractivity contribution is 0.0988. The van der Waals surface area contributed by atoms with Crippen molar-refractivity contribution >= 4 is 34.0 Å². The van der Waals surface area contributed by atoms with Gasteiger partial charge in [0.15, 0.2) is 5.65 Å². The second-order valence-corrected chi connectivity index (χ2v) is 8.17. The maximum Gasteiger partial charge on any atom is 0.265 e. The van der Waals surface area contributed by atoms with Crippen LogP contribution in [0.1, 0.15) is 56.5 Å². The number of hydrogen-bond acceptors (Lipinski definition) is 6. The van der Waals surface area contributed by atoms with Crippen LogP contribution in [0.5, 0.6) is 0 Å². The second-order valence-electron chi connectivity index (χ2n) is 8.17. The van der Waals surface area contributed by atoms with Crippen LogP contribution in [0, 0.1) is 0 Å². The van der Waals surface area contributed by atoms with Crippen LogP contribution < -0.4 is 10.2 Å². The zero-order chi connectivity index (χ0) is 26.0. The van der Waals surface area contributed by atoms with Crippen molar-refractivity contribution in [2.24, 2.45) is 7.05 Å². The number of fused-ring (bicyclic) bond motifs is 4. The van der Waals surface area contributed by atoms with E-state index in [0.717, 1.165) is 18.8 Å². The Bertz CT molecular complexity index is 1370. The van der Waals surface area contributed by atoms with Crippen LogP contribution in [0.3, 0.4) is 0 Å². The van der Waals surface area contributed by atoms with Gasteiger partial charge in [-0.05, 0) is 24.6 Å². The molecule has 9 nitrogen and oxygen atoms in total. The van der Waals surface area contributed by atoms with Crippen LogP contribution in [0.15, 0.2) is 36.8 Å². The van der Waals surface area contributed by atoms with E-state index in [2.05, 4.69) is 25.4 Å². The molecule has 0 spiro atoms. The number of hydrogen-bond donors (Lipinski definition) is 1. The summed E-state index contributed by atoms with van der Waals surface area (Å²) in [4.78, 5) is 19.9. The zero-order valence-corrected chi connectivity index (χ0v) is 21.1. The first-order valence-corrected chi connectivity index (χ1v) is 12.3. The molecule has 1 amide bonds. The number of rotatable bonds is 4. The van der Waals surface area contributed by atoms with E-state index in [0.29, 0.717) is 23.2 Å². The molecule has 2 bridgehead atoms. The fourth-order valence-electron chi connectivity index (χ4n) is 4.55. The number of amides is 1. The summed E-state index contributed by atoms with van der Waals surface area (Å²) in [6.45, 7) is 9.42. The van der Waals surface area contributed by atoms with Crippen LogP contribution in [0.4, 0.5) is 20.3 Å². The molecule has 4 aromatic rings. The van der Waals surface area contributed by atoms with Crippen molar-refractivity contribution in [3.05, 3.63) is 47.9 Å². The monoisotopic (exact) mass is 499 g/mol. The van der Waals surface area contributed by atoms with Gasteiger partial charge >= 0.3 is 0 Å². The van der Waals surface area contributed by atoms with E-state index >= 15 is 0 Å². The van der Waals surface area contributed by atoms with Crippen molar-refractivity contribution < 1.29 is 18.3 Å². The molecule has 1 N–H and O–H groups in total. The summed E-state index contributed by atoms with van der Waals surface area (Å²) in [7, 11) is 1.71. The molecule has 0 radical (unpaired) electrons. The van der Waals surface area contributed by atoms with Crippen molar-refractivity contribution in [2.75, 3.05) is 23.4 Å². The average molecular weight is 500 g/mol. The van der Waals surface area contributed by atoms with Gasteiger partial charge in [-0.1, -0.05) is 27.7 Å². The molecule has 0 unspecified atom stereocenters. The normalized spacial score (nSPS) is 18.3. The molecule has 6 rings (SSSR count). The van der Waals surface area contributed by atoms with Crippen LogP contribution in [-0.2, 0) is 11.8 Å². The summed E-state index contributed by atoms with van der Waals surface area (Å²) >= 11 is 0. The molecule has 2 atom stereocenters. The number of nitrogens with one attached hydrogen (secondary N) is 1. The van der Waals surface area contributed by atoms with E-state index in [1.165, 1.54) is 27.5 Å². The van der Waals surface area contributed by atoms with Crippen molar-refractivity contribution in [3.63, 3.8) is 0 Å². The van der Waals surface area contributed by atoms with Gasteiger partial charge < -0.3 is 15.0 Å². The van der Waals surface area contributed by atoms with E-state index < -0.39 is 12.3 Å². The Hall–Kier alpha value is -3.60. The van der Waals surface area contributed by atoms with Gasteiger partial charge in [-0.25, -0.2) is 18.3 Å². The lowest BCUT2D eigenvalue weighted by Gasteiger charge is -2.27. The lowest BCUT2D eigenvalue weighted by atomic mass is 10.1. The number of nitrogens with zero attached hydrogens (tertiary/aromatic N) is 6. The highest BCUT2D eigenvalue weighted by Crippen LogP contribution is 2.33. The first kappa shape index (κ1) is 25.5. The third kappa shape index (κ3) is 4.62. The molecular formula is C25H31F2N7O2. The molecule has 2 aliphatic rings. The molecule has 1 aromatic carbocycles. The maximum atomic E-state index is 13.7. The van der Waals surface area contributed by atoms with Gasteiger partial charge in [-0.15, -0.1) is 0 Å². The Kier molecular flexibility index (Phi) is 7.48. The molecule has 0 aliphatic carbocycles. The first-order chi connectivity index (χ1) is 17.5. The quantitative estimate of drug-likeness (QED) is 0.432. The van der Waals surface area contributed by atoms with E-state index in [4.69, 9.17) is 4.74 Å². The summed E-state index contributed by atoms with van der Waals surface area (Å²) in [5, 5.41) is 11.6. The summed E-state index contributed by atoms with van der Waals surface area (Å²) in [6, 6.07) is 4.93. The van der Waals surface area contributed by atoms with Crippen molar-refractivity contribution in [3.8, 4) is 0 Å². The first-order valence-electron chi connectivity index (χ1n) is 12.3. The molecule has 3 aromatic heterocycles. The number of carbonyl (C=O) groups is 1. The summed E-state index contributed by atoms with van der Waals surface area (Å²) in [5.74, 6) is 0.189. The van der Waals surface area contributed by atoms with Gasteiger partial charge in [0.25, 0.3) is 12.3 Å². The molecule has 11 heteroatoms. The summed E-state index contributed by atoms with van der Waals surface area (Å²) in [6.07, 6.45) is 3.25. The predicted octanol–water partition coefficient (Wildman–Crippen LogP) is 4.84. The molecule has 36 heavy (non-hydrogen) atoms. The Morgan fingerprint density at radius 3 is 2.67 bits per heavy atom. The van der Waals surface area contributed by atoms with Gasteiger partial charge in [0.1, 0.15) is 11.4 Å². The standard InChI is InChI=1S/C21H19F2N7O2.2C2H6/c1-28-8-11-4-17(14(19(22)23)6-16(11)27-28)25-21(31)15-7-24-30-3-2-18(26-20(15)30)29-9-13-5-12(29)10-32-13;2*1-2/h2-4,6-8,12-13,19H,5,9-10H2,1H3,(H,25,31);2*1-2H3/t12-,13-;;/m1../s1. The number of benzene rings is 1. The molecule has 192 valence electrons. The number of morpholine rings is 1. The number of aryl methyl sites for hydroxylation is 1. The molecular weight excluding hydrogens is 468 g/mol. The Morgan fingerprint density at radius 2 is 2.00 bits per heavy atom. The van der Waals surface area contributed by atoms with Crippen LogP contribution >= 0.6 is 0 Å². The number of alkyl halides is 2. The fraction of sp³-hybridized carbons (Fsp3) is 0.440. The smallest absolute Gasteiger partial charge is 0.265 e. The molecule has 2 saturated heterocycles. The molecule has 2 fully saturated rings. The second kappa shape index (κ2) is 10.6. The highest BCUT2D eigenvalue weighted by molar-refractivity contribution is 6.09. The topological polar surface area (TPSA) is 89.6 Å². The predicted molar refractivity (Wildman–Crippen MR) is 135 cm³/mol. The summed E-state index contributed by atoms with van der Waals surface area (Å²) < 4.78 is 36.0. The largest absolute Gasteiger partial charge is 0.374 e. The molecule has 5 heterocycles. The third-order valence-electron chi connectivity index (χ3n) is 6.07.